The highest BCUT2D eigenvalue weighted by atomic mass is 32.1. The van der Waals surface area contributed by atoms with Crippen LogP contribution in [0, 0.1) is 27.7 Å². The van der Waals surface area contributed by atoms with Crippen LogP contribution in [0.4, 0.5) is 11.4 Å². The number of benzene rings is 2. The minimum atomic E-state index is -0.658. The number of nitrogens with one attached hydrogen (secondary N) is 1. The maximum absolute atomic E-state index is 12.9. The lowest BCUT2D eigenvalue weighted by Crippen LogP contribution is -2.47. The van der Waals surface area contributed by atoms with Crippen molar-refractivity contribution >= 4 is 34.5 Å². The van der Waals surface area contributed by atoms with E-state index in [0.29, 0.717) is 11.4 Å². The molecule has 1 aliphatic heterocycles. The SMILES string of the molecule is Cc1nc(-c2ccc3c(c2)N(CC(=O)Nc2c(C)cccc2C)C(=O)C(C)O3)c(C)s1. The number of carbonyl (C=O) groups excluding carboxylic acids is 2. The highest BCUT2D eigenvalue weighted by molar-refractivity contribution is 7.11. The minimum absolute atomic E-state index is 0.0914. The summed E-state index contributed by atoms with van der Waals surface area (Å²) in [6.45, 7) is 9.50. The number of anilines is 2. The second-order valence-electron chi connectivity index (χ2n) is 7.82. The molecule has 2 heterocycles. The van der Waals surface area contributed by atoms with Gasteiger partial charge in [0.05, 0.1) is 16.4 Å². The molecule has 3 aromatic rings. The second kappa shape index (κ2) is 8.15. The topological polar surface area (TPSA) is 71.5 Å². The lowest BCUT2D eigenvalue weighted by molar-refractivity contribution is -0.127. The molecule has 0 saturated heterocycles. The average Bonchev–Trinajstić information content (AvgIpc) is 3.06. The van der Waals surface area contributed by atoms with E-state index in [0.717, 1.165) is 38.0 Å². The standard InChI is InChI=1S/C24H25N3O3S/c1-13-7-6-8-14(2)22(13)26-21(28)12-27-19-11-18(23-16(4)31-17(5)25-23)9-10-20(19)30-15(3)24(27)29/h6-11,15H,12H2,1-5H3,(H,26,28). The number of hydrogen-bond acceptors (Lipinski definition) is 5. The quantitative estimate of drug-likeness (QED) is 0.639. The van der Waals surface area contributed by atoms with Gasteiger partial charge in [0.25, 0.3) is 5.91 Å². The number of aryl methyl sites for hydroxylation is 4. The summed E-state index contributed by atoms with van der Waals surface area (Å²) in [5.74, 6) is 0.0877. The third-order valence-corrected chi connectivity index (χ3v) is 6.28. The van der Waals surface area contributed by atoms with Gasteiger partial charge in [-0.3, -0.25) is 14.5 Å². The third-order valence-electron chi connectivity index (χ3n) is 5.39. The average molecular weight is 436 g/mol. The lowest BCUT2D eigenvalue weighted by Gasteiger charge is -2.33. The molecule has 4 rings (SSSR count). The molecular formula is C24H25N3O3S. The van der Waals surface area contributed by atoms with Crippen molar-refractivity contribution in [3.63, 3.8) is 0 Å². The number of rotatable bonds is 4. The van der Waals surface area contributed by atoms with Crippen molar-refractivity contribution in [2.75, 3.05) is 16.8 Å². The highest BCUT2D eigenvalue weighted by Crippen LogP contribution is 2.38. The molecule has 1 aliphatic rings. The molecule has 1 atom stereocenters. The molecule has 0 spiro atoms. The number of nitrogens with zero attached hydrogens (tertiary/aromatic N) is 2. The monoisotopic (exact) mass is 435 g/mol. The summed E-state index contributed by atoms with van der Waals surface area (Å²) in [5, 5.41) is 3.95. The maximum Gasteiger partial charge on any atom is 0.268 e. The summed E-state index contributed by atoms with van der Waals surface area (Å²) in [6.07, 6.45) is -0.658. The van der Waals surface area contributed by atoms with Gasteiger partial charge in [-0.05, 0) is 63.9 Å². The van der Waals surface area contributed by atoms with Crippen molar-refractivity contribution in [2.24, 2.45) is 0 Å². The zero-order chi connectivity index (χ0) is 22.3. The van der Waals surface area contributed by atoms with Crippen LogP contribution in [0.5, 0.6) is 5.75 Å². The number of aromatic nitrogens is 1. The van der Waals surface area contributed by atoms with Crippen LogP contribution >= 0.6 is 11.3 Å². The van der Waals surface area contributed by atoms with E-state index < -0.39 is 6.10 Å². The van der Waals surface area contributed by atoms with Crippen LogP contribution in [-0.2, 0) is 9.59 Å². The first-order valence-corrected chi connectivity index (χ1v) is 11.0. The molecule has 0 bridgehead atoms. The Balaban J connectivity index is 1.66. The summed E-state index contributed by atoms with van der Waals surface area (Å²) < 4.78 is 5.80. The van der Waals surface area contributed by atoms with Crippen LogP contribution in [0.2, 0.25) is 0 Å². The van der Waals surface area contributed by atoms with Crippen molar-refractivity contribution in [3.8, 4) is 17.0 Å². The molecular weight excluding hydrogens is 410 g/mol. The fraction of sp³-hybridized carbons (Fsp3) is 0.292. The van der Waals surface area contributed by atoms with E-state index >= 15 is 0 Å². The van der Waals surface area contributed by atoms with Crippen molar-refractivity contribution in [1.82, 2.24) is 4.98 Å². The molecule has 6 nitrogen and oxygen atoms in total. The molecule has 2 aromatic carbocycles. The van der Waals surface area contributed by atoms with Gasteiger partial charge in [0, 0.05) is 16.1 Å². The zero-order valence-electron chi connectivity index (χ0n) is 18.3. The molecule has 1 N–H and O–H groups in total. The normalized spacial score (nSPS) is 15.5. The zero-order valence-corrected chi connectivity index (χ0v) is 19.1. The van der Waals surface area contributed by atoms with Crippen LogP contribution in [-0.4, -0.2) is 29.4 Å². The van der Waals surface area contributed by atoms with Gasteiger partial charge in [-0.1, -0.05) is 18.2 Å². The summed E-state index contributed by atoms with van der Waals surface area (Å²) in [7, 11) is 0. The van der Waals surface area contributed by atoms with Crippen LogP contribution in [0.1, 0.15) is 27.9 Å². The van der Waals surface area contributed by atoms with Crippen molar-refractivity contribution in [1.29, 1.82) is 0 Å². The Hall–Kier alpha value is -3.19. The number of thiazole rings is 1. The molecule has 0 saturated carbocycles. The van der Waals surface area contributed by atoms with Gasteiger partial charge >= 0.3 is 0 Å². The first-order chi connectivity index (χ1) is 14.7. The Morgan fingerprint density at radius 1 is 1.16 bits per heavy atom. The Kier molecular flexibility index (Phi) is 5.54. The predicted molar refractivity (Wildman–Crippen MR) is 124 cm³/mol. The van der Waals surface area contributed by atoms with Crippen LogP contribution in [0.25, 0.3) is 11.3 Å². The molecule has 7 heteroatoms. The molecule has 31 heavy (non-hydrogen) atoms. The van der Waals surface area contributed by atoms with E-state index in [1.165, 1.54) is 4.90 Å². The molecule has 0 aliphatic carbocycles. The fourth-order valence-corrected chi connectivity index (χ4v) is 4.69. The minimum Gasteiger partial charge on any atom is -0.479 e. The van der Waals surface area contributed by atoms with E-state index in [-0.39, 0.29) is 18.4 Å². The second-order valence-corrected chi connectivity index (χ2v) is 9.23. The summed E-state index contributed by atoms with van der Waals surface area (Å²) in [6, 6.07) is 11.5. The van der Waals surface area contributed by atoms with E-state index in [1.54, 1.807) is 18.3 Å². The van der Waals surface area contributed by atoms with Gasteiger partial charge in [-0.15, -0.1) is 11.3 Å². The lowest BCUT2D eigenvalue weighted by atomic mass is 10.1. The van der Waals surface area contributed by atoms with Gasteiger partial charge in [-0.2, -0.15) is 0 Å². The number of para-hydroxylation sites is 1. The maximum atomic E-state index is 12.9. The van der Waals surface area contributed by atoms with Crippen LogP contribution in [0.3, 0.4) is 0 Å². The Morgan fingerprint density at radius 3 is 2.52 bits per heavy atom. The third kappa shape index (κ3) is 4.05. The Labute approximate surface area is 185 Å². The molecule has 0 fully saturated rings. The van der Waals surface area contributed by atoms with Gasteiger partial charge in [-0.25, -0.2) is 4.98 Å². The molecule has 2 amide bonds. The smallest absolute Gasteiger partial charge is 0.268 e. The van der Waals surface area contributed by atoms with Crippen LogP contribution < -0.4 is 15.0 Å². The predicted octanol–water partition coefficient (Wildman–Crippen LogP) is 4.80. The number of carbonyl (C=O) groups is 2. The number of amides is 2. The summed E-state index contributed by atoms with van der Waals surface area (Å²) in [5.41, 5.74) is 5.10. The van der Waals surface area contributed by atoms with Crippen LogP contribution in [0.15, 0.2) is 36.4 Å². The highest BCUT2D eigenvalue weighted by Gasteiger charge is 2.33. The molecule has 160 valence electrons. The first-order valence-electron chi connectivity index (χ1n) is 10.2. The van der Waals surface area contributed by atoms with Crippen molar-refractivity contribution < 1.29 is 14.3 Å². The van der Waals surface area contributed by atoms with Crippen molar-refractivity contribution in [2.45, 2.75) is 40.7 Å². The van der Waals surface area contributed by atoms with Crippen molar-refractivity contribution in [3.05, 3.63) is 57.4 Å². The Bertz CT molecular complexity index is 1160. The van der Waals surface area contributed by atoms with Gasteiger partial charge in [0.1, 0.15) is 12.3 Å². The van der Waals surface area contributed by atoms with Gasteiger partial charge in [0.2, 0.25) is 5.91 Å². The van der Waals surface area contributed by atoms with E-state index in [9.17, 15) is 9.59 Å². The molecule has 1 aromatic heterocycles. The largest absolute Gasteiger partial charge is 0.479 e. The van der Waals surface area contributed by atoms with E-state index in [4.69, 9.17) is 4.74 Å². The fourth-order valence-electron chi connectivity index (χ4n) is 3.85. The van der Waals surface area contributed by atoms with Gasteiger partial charge in [0.15, 0.2) is 6.10 Å². The van der Waals surface area contributed by atoms with Gasteiger partial charge < -0.3 is 10.1 Å². The summed E-state index contributed by atoms with van der Waals surface area (Å²) >= 11 is 1.63. The number of fused-ring (bicyclic) bond motifs is 1. The molecule has 0 radical (unpaired) electrons. The molecule has 1 unspecified atom stereocenters. The number of hydrogen-bond donors (Lipinski definition) is 1. The van der Waals surface area contributed by atoms with E-state index in [2.05, 4.69) is 10.3 Å². The summed E-state index contributed by atoms with van der Waals surface area (Å²) in [4.78, 5) is 33.1. The first kappa shape index (κ1) is 21.1. The van der Waals surface area contributed by atoms with E-state index in [1.807, 2.05) is 64.1 Å². The Morgan fingerprint density at radius 2 is 1.87 bits per heavy atom. The number of ether oxygens (including phenoxy) is 1.